The van der Waals surface area contributed by atoms with Crippen LogP contribution >= 0.6 is 0 Å². The first-order chi connectivity index (χ1) is 8.33. The van der Waals surface area contributed by atoms with E-state index in [1.165, 1.54) is 11.1 Å². The zero-order chi connectivity index (χ0) is 13.1. The van der Waals surface area contributed by atoms with Crippen molar-refractivity contribution in [3.63, 3.8) is 0 Å². The third kappa shape index (κ3) is 5.86. The Morgan fingerprint density at radius 3 is 2.11 bits per heavy atom. The van der Waals surface area contributed by atoms with Crippen LogP contribution in [0.4, 0.5) is 0 Å². The van der Waals surface area contributed by atoms with Crippen LogP contribution in [0.25, 0.3) is 0 Å². The highest BCUT2D eigenvalue weighted by Crippen LogP contribution is 2.28. The quantitative estimate of drug-likeness (QED) is 0.530. The largest absolute Gasteiger partial charge is 0.0988 e. The second-order valence-electron chi connectivity index (χ2n) is 3.69. The summed E-state index contributed by atoms with van der Waals surface area (Å²) in [6.45, 7) is 12.3. The van der Waals surface area contributed by atoms with Gasteiger partial charge in [-0.25, -0.2) is 0 Å². The first kappa shape index (κ1) is 19.0. The summed E-state index contributed by atoms with van der Waals surface area (Å²) in [6, 6.07) is 10.7. The van der Waals surface area contributed by atoms with E-state index in [1.54, 1.807) is 0 Å². The number of allylic oxidation sites excluding steroid dienone is 3. The summed E-state index contributed by atoms with van der Waals surface area (Å²) in [5.74, 6) is 0.503. The third-order valence-electron chi connectivity index (χ3n) is 2.69. The monoisotopic (exact) mass is 246 g/mol. The topological polar surface area (TPSA) is 0 Å². The molecule has 0 aromatic heterocycles. The standard InChI is InChI=1S/C15H20.C2H6.CH4/c1-4-10-13(5-2)15(6-3)14-11-8-7-9-12-14;1-2;/h5,7-12,15H,2,4,6H2,1,3H3;1-2H3;1H4/b13-10+;;. The molecule has 0 aliphatic heterocycles. The van der Waals surface area contributed by atoms with Crippen LogP contribution in [-0.4, -0.2) is 0 Å². The lowest BCUT2D eigenvalue weighted by atomic mass is 9.88. The van der Waals surface area contributed by atoms with Crippen molar-refractivity contribution < 1.29 is 0 Å². The second-order valence-corrected chi connectivity index (χ2v) is 3.69. The minimum Gasteiger partial charge on any atom is -0.0988 e. The summed E-state index contributed by atoms with van der Waals surface area (Å²) < 4.78 is 0. The number of hydrogen-bond donors (Lipinski definition) is 0. The fourth-order valence-electron chi connectivity index (χ4n) is 1.95. The molecule has 1 rings (SSSR count). The van der Waals surface area contributed by atoms with Crippen molar-refractivity contribution in [3.05, 3.63) is 60.2 Å². The smallest absolute Gasteiger partial charge is 0.00833 e. The summed E-state index contributed by atoms with van der Waals surface area (Å²) >= 11 is 0. The van der Waals surface area contributed by atoms with E-state index < -0.39 is 0 Å². The molecule has 102 valence electrons. The van der Waals surface area contributed by atoms with Crippen molar-refractivity contribution >= 4 is 0 Å². The van der Waals surface area contributed by atoms with Crippen LogP contribution in [0.1, 0.15) is 59.4 Å². The molecular formula is C18H30. The minimum absolute atomic E-state index is 0. The van der Waals surface area contributed by atoms with Gasteiger partial charge in [0.25, 0.3) is 0 Å². The lowest BCUT2D eigenvalue weighted by Gasteiger charge is -2.16. The van der Waals surface area contributed by atoms with Crippen molar-refractivity contribution in [2.24, 2.45) is 0 Å². The Kier molecular flexibility index (Phi) is 12.9. The highest BCUT2D eigenvalue weighted by molar-refractivity contribution is 5.33. The molecule has 1 aromatic rings. The van der Waals surface area contributed by atoms with Gasteiger partial charge in [0.1, 0.15) is 0 Å². The van der Waals surface area contributed by atoms with Gasteiger partial charge in [0.2, 0.25) is 0 Å². The van der Waals surface area contributed by atoms with Gasteiger partial charge in [-0.1, -0.05) is 84.2 Å². The van der Waals surface area contributed by atoms with Gasteiger partial charge in [0, 0.05) is 5.92 Å². The number of rotatable bonds is 5. The number of hydrogen-bond acceptors (Lipinski definition) is 0. The van der Waals surface area contributed by atoms with Crippen LogP contribution in [0.2, 0.25) is 0 Å². The molecule has 0 aliphatic rings. The van der Waals surface area contributed by atoms with E-state index in [1.807, 2.05) is 19.9 Å². The average molecular weight is 246 g/mol. The van der Waals surface area contributed by atoms with Gasteiger partial charge in [-0.05, 0) is 24.0 Å². The maximum Gasteiger partial charge on any atom is 0.00833 e. The minimum atomic E-state index is 0. The lowest BCUT2D eigenvalue weighted by Crippen LogP contribution is -1.99. The molecule has 0 bridgehead atoms. The van der Waals surface area contributed by atoms with Gasteiger partial charge < -0.3 is 0 Å². The summed E-state index contributed by atoms with van der Waals surface area (Å²) in [6.07, 6.45) is 6.46. The Morgan fingerprint density at radius 1 is 1.17 bits per heavy atom. The molecule has 1 unspecified atom stereocenters. The highest BCUT2D eigenvalue weighted by atomic mass is 14.1. The summed E-state index contributed by atoms with van der Waals surface area (Å²) in [5.41, 5.74) is 2.74. The molecule has 0 fully saturated rings. The van der Waals surface area contributed by atoms with Crippen molar-refractivity contribution in [3.8, 4) is 0 Å². The Labute approximate surface area is 114 Å². The molecule has 0 saturated carbocycles. The van der Waals surface area contributed by atoms with Crippen LogP contribution in [0.3, 0.4) is 0 Å². The van der Waals surface area contributed by atoms with Crippen LogP contribution < -0.4 is 0 Å². The second kappa shape index (κ2) is 12.2. The van der Waals surface area contributed by atoms with Gasteiger partial charge in [-0.15, -0.1) is 0 Å². The molecule has 0 heteroatoms. The zero-order valence-corrected chi connectivity index (χ0v) is 11.7. The average Bonchev–Trinajstić information content (AvgIpc) is 2.42. The Balaban J connectivity index is 0. The molecule has 0 spiro atoms. The molecule has 18 heavy (non-hydrogen) atoms. The predicted molar refractivity (Wildman–Crippen MR) is 86.1 cm³/mol. The molecule has 0 amide bonds. The maximum absolute atomic E-state index is 3.91. The van der Waals surface area contributed by atoms with Crippen LogP contribution in [0.15, 0.2) is 54.6 Å². The zero-order valence-electron chi connectivity index (χ0n) is 11.7. The fraction of sp³-hybridized carbons (Fsp3) is 0.444. The van der Waals surface area contributed by atoms with Crippen LogP contribution in [0, 0.1) is 0 Å². The van der Waals surface area contributed by atoms with Crippen molar-refractivity contribution in [1.29, 1.82) is 0 Å². The van der Waals surface area contributed by atoms with Crippen LogP contribution in [0.5, 0.6) is 0 Å². The van der Waals surface area contributed by atoms with Gasteiger partial charge in [-0.3, -0.25) is 0 Å². The van der Waals surface area contributed by atoms with Crippen molar-refractivity contribution in [2.75, 3.05) is 0 Å². The molecule has 0 nitrogen and oxygen atoms in total. The number of benzene rings is 1. The van der Waals surface area contributed by atoms with E-state index in [0.717, 1.165) is 12.8 Å². The van der Waals surface area contributed by atoms with E-state index in [0.29, 0.717) is 5.92 Å². The summed E-state index contributed by atoms with van der Waals surface area (Å²) in [4.78, 5) is 0. The Hall–Kier alpha value is -1.30. The first-order valence-corrected chi connectivity index (χ1v) is 6.70. The molecule has 0 radical (unpaired) electrons. The molecular weight excluding hydrogens is 216 g/mol. The van der Waals surface area contributed by atoms with E-state index in [4.69, 9.17) is 0 Å². The van der Waals surface area contributed by atoms with E-state index in [-0.39, 0.29) is 7.43 Å². The lowest BCUT2D eigenvalue weighted by molar-refractivity contribution is 0.772. The highest BCUT2D eigenvalue weighted by Gasteiger charge is 2.11. The van der Waals surface area contributed by atoms with E-state index >= 15 is 0 Å². The third-order valence-corrected chi connectivity index (χ3v) is 2.69. The van der Waals surface area contributed by atoms with Gasteiger partial charge in [0.15, 0.2) is 0 Å². The normalized spacial score (nSPS) is 11.7. The SMILES string of the molecule is C.C=C/C(=C\CC)C(CC)c1ccccc1.CC. The fourth-order valence-corrected chi connectivity index (χ4v) is 1.95. The van der Waals surface area contributed by atoms with E-state index in [2.05, 4.69) is 56.8 Å². The Bertz CT molecular complexity index is 319. The summed E-state index contributed by atoms with van der Waals surface area (Å²) in [7, 11) is 0. The molecule has 1 atom stereocenters. The van der Waals surface area contributed by atoms with Gasteiger partial charge in [-0.2, -0.15) is 0 Å². The van der Waals surface area contributed by atoms with Gasteiger partial charge >= 0.3 is 0 Å². The predicted octanol–water partition coefficient (Wildman–Crippen LogP) is 6.36. The maximum atomic E-state index is 3.91. The van der Waals surface area contributed by atoms with E-state index in [9.17, 15) is 0 Å². The molecule has 0 aliphatic carbocycles. The van der Waals surface area contributed by atoms with Crippen molar-refractivity contribution in [2.45, 2.75) is 53.9 Å². The van der Waals surface area contributed by atoms with Crippen LogP contribution in [-0.2, 0) is 0 Å². The molecule has 1 aromatic carbocycles. The molecule has 0 N–H and O–H groups in total. The summed E-state index contributed by atoms with van der Waals surface area (Å²) in [5, 5.41) is 0. The first-order valence-electron chi connectivity index (χ1n) is 6.70. The van der Waals surface area contributed by atoms with Crippen molar-refractivity contribution in [1.82, 2.24) is 0 Å². The van der Waals surface area contributed by atoms with Gasteiger partial charge in [0.05, 0.1) is 0 Å². The molecule has 0 saturated heterocycles. The molecule has 0 heterocycles. The Morgan fingerprint density at radius 2 is 1.72 bits per heavy atom.